The molecule has 0 aliphatic rings. The van der Waals surface area contributed by atoms with Gasteiger partial charge in [-0.15, -0.1) is 45.3 Å². The first-order chi connectivity index (χ1) is 45.0. The van der Waals surface area contributed by atoms with E-state index in [1.54, 1.807) is 46.1 Å². The van der Waals surface area contributed by atoms with E-state index in [2.05, 4.69) is 288 Å². The van der Waals surface area contributed by atoms with Crippen molar-refractivity contribution < 1.29 is 22.7 Å². The van der Waals surface area contributed by atoms with Crippen LogP contribution in [0.3, 0.4) is 0 Å². The number of pyridine rings is 4. The molecule has 15 aromatic rings. The summed E-state index contributed by atoms with van der Waals surface area (Å²) in [5, 5.41) is 3.12. The Labute approximate surface area is 560 Å². The van der Waals surface area contributed by atoms with E-state index in [-0.39, 0.29) is 5.82 Å². The molecule has 15 rings (SSSR count). The fourth-order valence-corrected chi connectivity index (χ4v) is 15.8. The summed E-state index contributed by atoms with van der Waals surface area (Å²) in [6.07, 6.45) is 8.43. The van der Waals surface area contributed by atoms with Gasteiger partial charge in [-0.2, -0.15) is 18.3 Å². The van der Waals surface area contributed by atoms with Gasteiger partial charge < -0.3 is 0 Å². The molecule has 0 aliphatic heterocycles. The van der Waals surface area contributed by atoms with Crippen molar-refractivity contribution >= 4 is 86.2 Å². The molecule has 0 atom stereocenters. The van der Waals surface area contributed by atoms with E-state index in [9.17, 15) is 4.39 Å². The Morgan fingerprint density at radius 2 is 0.774 bits per heavy atom. The highest BCUT2D eigenvalue weighted by molar-refractivity contribution is 7.22. The first-order valence-electron chi connectivity index (χ1n) is 31.3. The molecule has 13 heteroatoms. The maximum Gasteiger partial charge on any atom is 0.232 e. The highest BCUT2D eigenvalue weighted by atomic mass is 32.1. The molecule has 8 nitrogen and oxygen atoms in total. The first-order valence-corrected chi connectivity index (χ1v) is 34.6. The average Bonchev–Trinajstić information content (AvgIpc) is 1.69. The molecule has 0 amide bonds. The number of aromatic nitrogens is 8. The summed E-state index contributed by atoms with van der Waals surface area (Å²) in [5.74, 6) is 0.705. The van der Waals surface area contributed by atoms with Crippen molar-refractivity contribution in [3.8, 4) is 76.7 Å². The van der Waals surface area contributed by atoms with Crippen LogP contribution in [0.5, 0.6) is 0 Å². The third-order valence-corrected chi connectivity index (χ3v) is 20.9. The van der Waals surface area contributed by atoms with Gasteiger partial charge >= 0.3 is 0 Å². The molecule has 0 fully saturated rings. The van der Waals surface area contributed by atoms with Crippen LogP contribution in [0.15, 0.2) is 224 Å². The monoisotopic (exact) mass is 1290 g/mol. The largest absolute Gasteiger partial charge is 0.244 e. The molecule has 0 aliphatic carbocycles. The summed E-state index contributed by atoms with van der Waals surface area (Å²) in [7, 11) is 8.32. The topological polar surface area (TPSA) is 67.1 Å². The number of hydrogen-bond acceptors (Lipinski definition) is 8. The van der Waals surface area contributed by atoms with Crippen molar-refractivity contribution in [1.29, 1.82) is 0 Å². The number of benzene rings is 7. The van der Waals surface area contributed by atoms with Crippen LogP contribution in [-0.4, -0.2) is 19.9 Å². The molecular formula is C80H75FN8S4+4. The molecule has 8 heterocycles. The van der Waals surface area contributed by atoms with Gasteiger partial charge in [0.05, 0.1) is 30.7 Å². The van der Waals surface area contributed by atoms with Crippen molar-refractivity contribution in [2.75, 3.05) is 0 Å². The summed E-state index contributed by atoms with van der Waals surface area (Å²) in [6, 6.07) is 66.3. The Morgan fingerprint density at radius 3 is 1.20 bits per heavy atom. The number of nitrogens with zero attached hydrogens (tertiary/aromatic N) is 8. The molecule has 0 bridgehead atoms. The van der Waals surface area contributed by atoms with Crippen molar-refractivity contribution in [2.24, 2.45) is 28.2 Å². The van der Waals surface area contributed by atoms with E-state index < -0.39 is 0 Å². The summed E-state index contributed by atoms with van der Waals surface area (Å²) < 4.78 is 26.6. The molecule has 0 N–H and O–H groups in total. The van der Waals surface area contributed by atoms with Crippen LogP contribution in [0.1, 0.15) is 72.9 Å². The molecule has 0 radical (unpaired) electrons. The van der Waals surface area contributed by atoms with Crippen molar-refractivity contribution in [2.45, 2.75) is 67.2 Å². The third-order valence-electron chi connectivity index (χ3n) is 16.9. The number of halogens is 1. The number of rotatable bonds is 9. The Morgan fingerprint density at radius 1 is 0.387 bits per heavy atom. The van der Waals surface area contributed by atoms with Crippen LogP contribution < -0.4 is 18.3 Å². The summed E-state index contributed by atoms with van der Waals surface area (Å²) in [4.78, 5) is 19.0. The Balaban J connectivity index is 0.000000121. The van der Waals surface area contributed by atoms with Crippen molar-refractivity contribution in [1.82, 2.24) is 19.9 Å². The zero-order chi connectivity index (χ0) is 65.0. The zero-order valence-electron chi connectivity index (χ0n) is 54.6. The van der Waals surface area contributed by atoms with Gasteiger partial charge in [0.15, 0.2) is 24.8 Å². The molecule has 8 aromatic heterocycles. The van der Waals surface area contributed by atoms with Gasteiger partial charge in [0.25, 0.3) is 0 Å². The number of fused-ring (bicyclic) bond motifs is 4. The fourth-order valence-electron chi connectivity index (χ4n) is 11.9. The lowest BCUT2D eigenvalue weighted by Crippen LogP contribution is -2.30. The molecule has 0 saturated heterocycles. The van der Waals surface area contributed by atoms with E-state index in [4.69, 9.17) is 15.0 Å². The fraction of sp³-hybridized carbons (Fsp3) is 0.175. The second kappa shape index (κ2) is 27.8. The van der Waals surface area contributed by atoms with Crippen LogP contribution in [0, 0.1) is 33.5 Å². The Kier molecular flexibility index (Phi) is 19.1. The summed E-state index contributed by atoms with van der Waals surface area (Å²) >= 11 is 6.89. The van der Waals surface area contributed by atoms with Crippen molar-refractivity contribution in [3.63, 3.8) is 0 Å². The maximum absolute atomic E-state index is 13.1. The minimum atomic E-state index is -0.229. The molecule has 462 valence electrons. The first kappa shape index (κ1) is 63.8. The van der Waals surface area contributed by atoms with Crippen molar-refractivity contribution in [3.05, 3.63) is 264 Å². The SMILES string of the molecule is Cc1ccccc1-c1c2scnc2cc[n+]1C.Cc1ccccc1-c1cc2sc(-c3c(C(C)C)cccc3C(C)C)nc2c[n+]1C.Cc1ccccc1-c1cc2sc(-c3ccc(F)cc3)nc2c[n+]1C.Cc1ccccc1-c1cc2sc(-c3ccccc3)nc2c[n+]1C. The lowest BCUT2D eigenvalue weighted by molar-refractivity contribution is -0.659. The third kappa shape index (κ3) is 13.8. The van der Waals surface area contributed by atoms with E-state index >= 15 is 0 Å². The van der Waals surface area contributed by atoms with Crippen LogP contribution in [0.4, 0.5) is 4.39 Å². The van der Waals surface area contributed by atoms with Gasteiger partial charge in [-0.25, -0.2) is 24.3 Å². The maximum atomic E-state index is 13.1. The normalized spacial score (nSPS) is 11.3. The molecule has 7 aromatic carbocycles. The molecule has 0 spiro atoms. The standard InChI is InChI=1S/C26H29N2S.C20H16FN2S.C20H17N2S.C14H13N2S/c1-16(2)19-12-9-13-20(17(3)4)25(19)26-27-22-15-28(6)23(14-24(22)29-26)21-11-8-7-10-18(21)5;1-13-5-3-4-6-16(13)18-11-19-17(12-23(18)2)22-20(24-19)14-7-9-15(21)10-8-14;1-14-8-6-7-11-16(14)18-12-19-17(13-22(18)2)21-20(23-19)15-9-4-3-5-10-15;1-10-5-3-4-6-11(10)13-14-12(15-9-17-14)7-8-16(13)2/h7-17H,1-6H3;3-12H,1-2H3;3-13H,1-2H3;3-9H,1-2H3/q4*+1. The number of aryl methyl sites for hydroxylation is 8. The number of hydrogen-bond donors (Lipinski definition) is 0. The summed E-state index contributed by atoms with van der Waals surface area (Å²) in [5.41, 5.74) is 27.3. The molecule has 0 saturated carbocycles. The second-order valence-electron chi connectivity index (χ2n) is 24.2. The van der Waals surface area contributed by atoms with E-state index in [1.807, 2.05) is 30.0 Å². The van der Waals surface area contributed by atoms with E-state index in [1.165, 1.54) is 110 Å². The zero-order valence-corrected chi connectivity index (χ0v) is 57.9. The molecule has 0 unspecified atom stereocenters. The lowest BCUT2D eigenvalue weighted by Gasteiger charge is -2.17. The van der Waals surface area contributed by atoms with Gasteiger partial charge in [0.1, 0.15) is 70.3 Å². The summed E-state index contributed by atoms with van der Waals surface area (Å²) in [6.45, 7) is 17.7. The quantitative estimate of drug-likeness (QED) is 0.135. The van der Waals surface area contributed by atoms with Gasteiger partial charge in [0.2, 0.25) is 22.8 Å². The minimum Gasteiger partial charge on any atom is -0.244 e. The van der Waals surface area contributed by atoms with Crippen LogP contribution in [-0.2, 0) is 28.2 Å². The highest BCUT2D eigenvalue weighted by Gasteiger charge is 2.24. The lowest BCUT2D eigenvalue weighted by atomic mass is 9.89. The van der Waals surface area contributed by atoms with Crippen LogP contribution >= 0.6 is 45.3 Å². The predicted molar refractivity (Wildman–Crippen MR) is 388 cm³/mol. The van der Waals surface area contributed by atoms with Crippen LogP contribution in [0.25, 0.3) is 118 Å². The Hall–Kier alpha value is -9.37. The highest BCUT2D eigenvalue weighted by Crippen LogP contribution is 2.41. The smallest absolute Gasteiger partial charge is 0.232 e. The number of thiazole rings is 4. The van der Waals surface area contributed by atoms with E-state index in [0.717, 1.165) is 53.0 Å². The predicted octanol–water partition coefficient (Wildman–Crippen LogP) is 19.8. The van der Waals surface area contributed by atoms with Gasteiger partial charge in [-0.05, 0) is 121 Å². The molecule has 93 heavy (non-hydrogen) atoms. The van der Waals surface area contributed by atoms with Gasteiger partial charge in [0, 0.05) is 57.6 Å². The second-order valence-corrected chi connectivity index (χ2v) is 28.2. The van der Waals surface area contributed by atoms with E-state index in [0.29, 0.717) is 11.8 Å². The Bertz CT molecular complexity index is 5150. The minimum absolute atomic E-state index is 0.229. The average molecular weight is 1300 g/mol. The van der Waals surface area contributed by atoms with Gasteiger partial charge in [-0.1, -0.05) is 149 Å². The van der Waals surface area contributed by atoms with Crippen LogP contribution in [0.2, 0.25) is 0 Å². The van der Waals surface area contributed by atoms with Gasteiger partial charge in [-0.3, -0.25) is 0 Å². The molecular weight excluding hydrogens is 1220 g/mol.